The summed E-state index contributed by atoms with van der Waals surface area (Å²) < 4.78 is 0. The third kappa shape index (κ3) is 1.85. The highest BCUT2D eigenvalue weighted by atomic mass is 16.2. The molecule has 1 aliphatic heterocycles. The zero-order valence-corrected chi connectivity index (χ0v) is 8.39. The summed E-state index contributed by atoms with van der Waals surface area (Å²) >= 11 is 0. The molecule has 0 aromatic heterocycles. The molecule has 1 amide bonds. The van der Waals surface area contributed by atoms with Crippen LogP contribution in [0.5, 0.6) is 0 Å². The number of hydrogen-bond acceptors (Lipinski definition) is 2. The molecule has 2 fully saturated rings. The van der Waals surface area contributed by atoms with Gasteiger partial charge in [-0.1, -0.05) is 6.92 Å². The summed E-state index contributed by atoms with van der Waals surface area (Å²) in [4.78, 5) is 11.6. The van der Waals surface area contributed by atoms with E-state index >= 15 is 0 Å². The molecule has 2 aliphatic rings. The zero-order chi connectivity index (χ0) is 9.47. The summed E-state index contributed by atoms with van der Waals surface area (Å²) in [5.41, 5.74) is 0.0133. The van der Waals surface area contributed by atoms with Gasteiger partial charge < -0.3 is 10.6 Å². The molecule has 3 atom stereocenters. The lowest BCUT2D eigenvalue weighted by Crippen LogP contribution is -2.48. The Balaban J connectivity index is 1.86. The van der Waals surface area contributed by atoms with Gasteiger partial charge in [-0.3, -0.25) is 4.79 Å². The minimum atomic E-state index is 0.0133. The van der Waals surface area contributed by atoms with Crippen LogP contribution in [0.2, 0.25) is 0 Å². The predicted octanol–water partition coefficient (Wildman–Crippen LogP) is 0.511. The first-order valence-electron chi connectivity index (χ1n) is 5.13. The van der Waals surface area contributed by atoms with Gasteiger partial charge in [-0.25, -0.2) is 0 Å². The van der Waals surface area contributed by atoms with Crippen LogP contribution in [0, 0.1) is 11.8 Å². The summed E-state index contributed by atoms with van der Waals surface area (Å²) in [6.07, 6.45) is 2.13. The Hall–Kier alpha value is -0.570. The Morgan fingerprint density at radius 1 is 1.62 bits per heavy atom. The fourth-order valence-electron chi connectivity index (χ4n) is 2.00. The number of carbonyl (C=O) groups is 1. The summed E-state index contributed by atoms with van der Waals surface area (Å²) in [6, 6.07) is 0. The molecule has 2 N–H and O–H groups in total. The Labute approximate surface area is 79.3 Å². The highest BCUT2D eigenvalue weighted by Crippen LogP contribution is 2.38. The van der Waals surface area contributed by atoms with Crippen molar-refractivity contribution in [2.75, 3.05) is 13.1 Å². The zero-order valence-electron chi connectivity index (χ0n) is 8.39. The number of carbonyl (C=O) groups excluding carboxylic acids is 1. The number of hydrogen-bond donors (Lipinski definition) is 2. The van der Waals surface area contributed by atoms with Gasteiger partial charge in [0.05, 0.1) is 5.54 Å². The fraction of sp³-hybridized carbons (Fsp3) is 0.900. The van der Waals surface area contributed by atoms with Gasteiger partial charge >= 0.3 is 0 Å². The maximum Gasteiger partial charge on any atom is 0.223 e. The molecule has 1 aliphatic carbocycles. The van der Waals surface area contributed by atoms with Crippen molar-refractivity contribution in [1.29, 1.82) is 0 Å². The van der Waals surface area contributed by atoms with Crippen molar-refractivity contribution in [3.05, 3.63) is 0 Å². The predicted molar refractivity (Wildman–Crippen MR) is 51.3 cm³/mol. The third-order valence-electron chi connectivity index (χ3n) is 3.24. The molecule has 1 saturated heterocycles. The van der Waals surface area contributed by atoms with E-state index in [9.17, 15) is 4.79 Å². The first kappa shape index (κ1) is 9.00. The van der Waals surface area contributed by atoms with E-state index in [-0.39, 0.29) is 11.4 Å². The van der Waals surface area contributed by atoms with Gasteiger partial charge in [0.1, 0.15) is 0 Å². The molecule has 2 rings (SSSR count). The van der Waals surface area contributed by atoms with Crippen LogP contribution in [0.3, 0.4) is 0 Å². The Morgan fingerprint density at radius 3 is 2.77 bits per heavy atom. The molecule has 0 radical (unpaired) electrons. The van der Waals surface area contributed by atoms with Crippen LogP contribution in [0.4, 0.5) is 0 Å². The third-order valence-corrected chi connectivity index (χ3v) is 3.24. The lowest BCUT2D eigenvalue weighted by Gasteiger charge is -2.24. The SMILES string of the molecule is CC1CC1C(=O)NC1(C)CCNC1. The molecule has 0 aromatic rings. The molecule has 3 heteroatoms. The lowest BCUT2D eigenvalue weighted by atomic mass is 10.0. The Morgan fingerprint density at radius 2 is 2.31 bits per heavy atom. The van der Waals surface area contributed by atoms with Gasteiger partial charge in [0.15, 0.2) is 0 Å². The summed E-state index contributed by atoms with van der Waals surface area (Å²) in [6.45, 7) is 6.20. The van der Waals surface area contributed by atoms with Crippen LogP contribution >= 0.6 is 0 Å². The number of amides is 1. The number of rotatable bonds is 2. The van der Waals surface area contributed by atoms with E-state index in [2.05, 4.69) is 24.5 Å². The molecule has 0 spiro atoms. The van der Waals surface area contributed by atoms with Gasteiger partial charge in [0.25, 0.3) is 0 Å². The van der Waals surface area contributed by atoms with E-state index < -0.39 is 0 Å². The van der Waals surface area contributed by atoms with Gasteiger partial charge in [-0.15, -0.1) is 0 Å². The van der Waals surface area contributed by atoms with Crippen molar-refractivity contribution < 1.29 is 4.79 Å². The number of nitrogens with one attached hydrogen (secondary N) is 2. The quantitative estimate of drug-likeness (QED) is 0.653. The normalized spacial score (nSPS) is 43.2. The standard InChI is InChI=1S/C10H18N2O/c1-7-5-8(7)9(13)12-10(2)3-4-11-6-10/h7-8,11H,3-6H2,1-2H3,(H,12,13). The average Bonchev–Trinajstić information content (AvgIpc) is 2.63. The van der Waals surface area contributed by atoms with E-state index in [1.165, 1.54) is 0 Å². The summed E-state index contributed by atoms with van der Waals surface area (Å²) in [5.74, 6) is 1.18. The van der Waals surface area contributed by atoms with Crippen LogP contribution in [0.1, 0.15) is 26.7 Å². The van der Waals surface area contributed by atoms with Crippen LogP contribution in [-0.2, 0) is 4.79 Å². The summed E-state index contributed by atoms with van der Waals surface area (Å²) in [7, 11) is 0. The van der Waals surface area contributed by atoms with Crippen molar-refractivity contribution in [3.8, 4) is 0 Å². The lowest BCUT2D eigenvalue weighted by molar-refractivity contribution is -0.124. The smallest absolute Gasteiger partial charge is 0.223 e. The second-order valence-corrected chi connectivity index (χ2v) is 4.80. The first-order chi connectivity index (χ1) is 6.11. The topological polar surface area (TPSA) is 41.1 Å². The molecule has 3 nitrogen and oxygen atoms in total. The molecule has 1 saturated carbocycles. The molecule has 0 aromatic carbocycles. The van der Waals surface area contributed by atoms with E-state index in [0.717, 1.165) is 25.9 Å². The molecular formula is C10H18N2O. The molecule has 74 valence electrons. The van der Waals surface area contributed by atoms with E-state index in [0.29, 0.717) is 11.8 Å². The molecule has 0 bridgehead atoms. The highest BCUT2D eigenvalue weighted by molar-refractivity contribution is 5.82. The highest BCUT2D eigenvalue weighted by Gasteiger charge is 2.42. The monoisotopic (exact) mass is 182 g/mol. The van der Waals surface area contributed by atoms with Crippen molar-refractivity contribution in [3.63, 3.8) is 0 Å². The van der Waals surface area contributed by atoms with Crippen molar-refractivity contribution >= 4 is 5.91 Å². The minimum absolute atomic E-state index is 0.0133. The Kier molecular flexibility index (Phi) is 2.06. The van der Waals surface area contributed by atoms with Crippen LogP contribution in [-0.4, -0.2) is 24.5 Å². The minimum Gasteiger partial charge on any atom is -0.349 e. The van der Waals surface area contributed by atoms with Crippen LogP contribution < -0.4 is 10.6 Å². The first-order valence-corrected chi connectivity index (χ1v) is 5.13. The van der Waals surface area contributed by atoms with Gasteiger partial charge in [0, 0.05) is 12.5 Å². The van der Waals surface area contributed by atoms with Gasteiger partial charge in [-0.2, -0.15) is 0 Å². The fourth-order valence-corrected chi connectivity index (χ4v) is 2.00. The molecule has 13 heavy (non-hydrogen) atoms. The molecular weight excluding hydrogens is 164 g/mol. The summed E-state index contributed by atoms with van der Waals surface area (Å²) in [5, 5.41) is 6.42. The Bertz CT molecular complexity index is 221. The van der Waals surface area contributed by atoms with Crippen molar-refractivity contribution in [1.82, 2.24) is 10.6 Å². The molecule has 3 unspecified atom stereocenters. The van der Waals surface area contributed by atoms with Crippen LogP contribution in [0.25, 0.3) is 0 Å². The average molecular weight is 182 g/mol. The van der Waals surface area contributed by atoms with E-state index in [1.807, 2.05) is 0 Å². The van der Waals surface area contributed by atoms with Crippen LogP contribution in [0.15, 0.2) is 0 Å². The molecule has 1 heterocycles. The maximum atomic E-state index is 11.6. The van der Waals surface area contributed by atoms with E-state index in [4.69, 9.17) is 0 Å². The second-order valence-electron chi connectivity index (χ2n) is 4.80. The van der Waals surface area contributed by atoms with Gasteiger partial charge in [0.2, 0.25) is 5.91 Å². The maximum absolute atomic E-state index is 11.6. The van der Waals surface area contributed by atoms with E-state index in [1.54, 1.807) is 0 Å². The largest absolute Gasteiger partial charge is 0.349 e. The van der Waals surface area contributed by atoms with Crippen molar-refractivity contribution in [2.45, 2.75) is 32.2 Å². The van der Waals surface area contributed by atoms with Crippen molar-refractivity contribution in [2.24, 2.45) is 11.8 Å². The second kappa shape index (κ2) is 2.98. The van der Waals surface area contributed by atoms with Gasteiger partial charge in [-0.05, 0) is 32.2 Å².